The molecule has 0 amide bonds. The summed E-state index contributed by atoms with van der Waals surface area (Å²) in [4.78, 5) is 27.0. The molecule has 0 saturated carbocycles. The van der Waals surface area contributed by atoms with Gasteiger partial charge in [0.2, 0.25) is 16.4 Å². The average molecular weight is 464 g/mol. The smallest absolute Gasteiger partial charge is 0.287 e. The molecule has 0 bridgehead atoms. The minimum Gasteiger partial charge on any atom is -0.287 e. The van der Waals surface area contributed by atoms with E-state index in [-0.39, 0.29) is 21.8 Å². The van der Waals surface area contributed by atoms with Crippen molar-refractivity contribution in [2.45, 2.75) is 20.0 Å². The molecule has 0 fully saturated rings. The summed E-state index contributed by atoms with van der Waals surface area (Å²) >= 11 is 16.6. The van der Waals surface area contributed by atoms with Gasteiger partial charge in [0.05, 0.1) is 5.56 Å². The van der Waals surface area contributed by atoms with Gasteiger partial charge in [-0.15, -0.1) is 0 Å². The molecule has 0 aliphatic carbocycles. The summed E-state index contributed by atoms with van der Waals surface area (Å²) in [6, 6.07) is 4.16. The van der Waals surface area contributed by atoms with Crippen LogP contribution in [0.4, 0.5) is 13.2 Å². The fourth-order valence-corrected chi connectivity index (χ4v) is 2.46. The zero-order valence-corrected chi connectivity index (χ0v) is 17.2. The molecule has 2 heterocycles. The number of benzene rings is 1. The lowest BCUT2D eigenvalue weighted by Crippen LogP contribution is -2.10. The lowest BCUT2D eigenvalue weighted by molar-refractivity contribution is -0.137. The Balaban J connectivity index is 0.000000278. The van der Waals surface area contributed by atoms with Gasteiger partial charge in [0, 0.05) is 23.5 Å². The summed E-state index contributed by atoms with van der Waals surface area (Å²) in [6.45, 7) is 3.40. The van der Waals surface area contributed by atoms with E-state index in [2.05, 4.69) is 19.9 Å². The molecule has 1 aromatic carbocycles. The van der Waals surface area contributed by atoms with E-state index in [0.29, 0.717) is 10.7 Å². The van der Waals surface area contributed by atoms with Gasteiger partial charge in [-0.1, -0.05) is 23.7 Å². The Morgan fingerprint density at radius 1 is 0.931 bits per heavy atom. The maximum atomic E-state index is 12.6. The van der Waals surface area contributed by atoms with E-state index in [0.717, 1.165) is 17.7 Å². The van der Waals surface area contributed by atoms with Crippen LogP contribution in [0.5, 0.6) is 0 Å². The molecule has 0 saturated heterocycles. The van der Waals surface area contributed by atoms with Crippen LogP contribution in [0.15, 0.2) is 36.7 Å². The van der Waals surface area contributed by atoms with Crippen LogP contribution in [0.1, 0.15) is 32.7 Å². The van der Waals surface area contributed by atoms with Crippen molar-refractivity contribution in [3.05, 3.63) is 80.3 Å². The summed E-state index contributed by atoms with van der Waals surface area (Å²) in [7, 11) is 0. The van der Waals surface area contributed by atoms with Crippen LogP contribution in [-0.2, 0) is 6.18 Å². The molecule has 3 aromatic rings. The molecular weight excluding hydrogens is 452 g/mol. The minimum absolute atomic E-state index is 0.00988. The molecule has 5 nitrogen and oxygen atoms in total. The number of nitrogens with zero attached hydrogens (tertiary/aromatic N) is 4. The maximum absolute atomic E-state index is 12.6. The highest BCUT2D eigenvalue weighted by Gasteiger charge is 2.31. The van der Waals surface area contributed by atoms with Gasteiger partial charge in [-0.25, -0.2) is 19.9 Å². The summed E-state index contributed by atoms with van der Waals surface area (Å²) in [5, 5.41) is 0.464. The Morgan fingerprint density at radius 2 is 1.52 bits per heavy atom. The van der Waals surface area contributed by atoms with Gasteiger partial charge in [0.25, 0.3) is 0 Å². The van der Waals surface area contributed by atoms with E-state index in [1.165, 1.54) is 18.3 Å². The quantitative estimate of drug-likeness (QED) is 0.274. The predicted molar refractivity (Wildman–Crippen MR) is 103 cm³/mol. The van der Waals surface area contributed by atoms with Crippen molar-refractivity contribution in [3.63, 3.8) is 0 Å². The van der Waals surface area contributed by atoms with Crippen molar-refractivity contribution in [2.24, 2.45) is 0 Å². The lowest BCUT2D eigenvalue weighted by Gasteiger charge is -2.08. The number of aromatic nitrogens is 4. The van der Waals surface area contributed by atoms with E-state index in [1.807, 2.05) is 6.92 Å². The molecule has 3 rings (SSSR count). The zero-order valence-electron chi connectivity index (χ0n) is 14.9. The first kappa shape index (κ1) is 23.0. The van der Waals surface area contributed by atoms with Gasteiger partial charge >= 0.3 is 6.18 Å². The van der Waals surface area contributed by atoms with Crippen LogP contribution in [0, 0.1) is 13.8 Å². The van der Waals surface area contributed by atoms with Gasteiger partial charge in [-0.05, 0) is 54.7 Å². The van der Waals surface area contributed by atoms with E-state index < -0.39 is 17.5 Å². The molecule has 29 heavy (non-hydrogen) atoms. The number of carbonyl (C=O) groups excluding carboxylic acids is 1. The Bertz CT molecular complexity index is 1050. The third-order valence-corrected chi connectivity index (χ3v) is 4.24. The first-order valence-corrected chi connectivity index (χ1v) is 8.98. The van der Waals surface area contributed by atoms with Crippen LogP contribution >= 0.6 is 34.8 Å². The Kier molecular flexibility index (Phi) is 7.51. The van der Waals surface area contributed by atoms with Gasteiger partial charge < -0.3 is 0 Å². The van der Waals surface area contributed by atoms with E-state index >= 15 is 0 Å². The number of ketones is 1. The van der Waals surface area contributed by atoms with Crippen LogP contribution in [-0.4, -0.2) is 25.7 Å². The van der Waals surface area contributed by atoms with Crippen molar-refractivity contribution >= 4 is 40.6 Å². The highest BCUT2D eigenvalue weighted by Crippen LogP contribution is 2.30. The number of halogens is 6. The van der Waals surface area contributed by atoms with Crippen molar-refractivity contribution in [1.82, 2.24) is 19.9 Å². The molecule has 0 atom stereocenters. The van der Waals surface area contributed by atoms with Crippen LogP contribution in [0.3, 0.4) is 0 Å². The SMILES string of the molecule is Cc1cnc(Cl)nc1C(=O)c1cccc(C(F)(F)F)c1.Cc1cnc(Cl)nc1Cl. The molecule has 0 spiro atoms. The summed E-state index contributed by atoms with van der Waals surface area (Å²) in [6.07, 6.45) is -1.58. The molecule has 0 aliphatic heterocycles. The topological polar surface area (TPSA) is 68.6 Å². The first-order chi connectivity index (χ1) is 13.5. The van der Waals surface area contributed by atoms with Gasteiger partial charge in [-0.3, -0.25) is 4.79 Å². The normalized spacial score (nSPS) is 10.9. The predicted octanol–water partition coefficient (Wildman–Crippen LogP) is 5.78. The Hall–Kier alpha value is -2.29. The summed E-state index contributed by atoms with van der Waals surface area (Å²) in [5.74, 6) is -0.627. The van der Waals surface area contributed by atoms with Gasteiger partial charge in [0.15, 0.2) is 0 Å². The first-order valence-electron chi connectivity index (χ1n) is 7.84. The second-order valence-corrected chi connectivity index (χ2v) is 6.73. The highest BCUT2D eigenvalue weighted by atomic mass is 35.5. The number of alkyl halides is 3. The van der Waals surface area contributed by atoms with Crippen LogP contribution in [0.2, 0.25) is 15.7 Å². The average Bonchev–Trinajstić information content (AvgIpc) is 2.66. The summed E-state index contributed by atoms with van der Waals surface area (Å²) < 4.78 is 37.9. The van der Waals surface area contributed by atoms with Crippen molar-refractivity contribution < 1.29 is 18.0 Å². The van der Waals surface area contributed by atoms with Crippen LogP contribution < -0.4 is 0 Å². The van der Waals surface area contributed by atoms with E-state index in [1.54, 1.807) is 13.1 Å². The second-order valence-electron chi connectivity index (χ2n) is 5.69. The van der Waals surface area contributed by atoms with Gasteiger partial charge in [0.1, 0.15) is 10.8 Å². The fraction of sp³-hybridized carbons (Fsp3) is 0.167. The lowest BCUT2D eigenvalue weighted by atomic mass is 10.0. The fourth-order valence-electron chi connectivity index (χ4n) is 2.03. The maximum Gasteiger partial charge on any atom is 0.416 e. The number of hydrogen-bond donors (Lipinski definition) is 0. The van der Waals surface area contributed by atoms with Crippen molar-refractivity contribution in [1.29, 1.82) is 0 Å². The van der Waals surface area contributed by atoms with Crippen molar-refractivity contribution in [2.75, 3.05) is 0 Å². The number of rotatable bonds is 2. The zero-order chi connectivity index (χ0) is 21.8. The van der Waals surface area contributed by atoms with E-state index in [9.17, 15) is 18.0 Å². The molecule has 11 heteroatoms. The molecule has 0 radical (unpaired) electrons. The largest absolute Gasteiger partial charge is 0.416 e. The second kappa shape index (κ2) is 9.47. The molecule has 2 aromatic heterocycles. The number of carbonyl (C=O) groups is 1. The third kappa shape index (κ3) is 6.35. The summed E-state index contributed by atoms with van der Waals surface area (Å²) in [5.41, 5.74) is 0.279. The number of aryl methyl sites for hydroxylation is 2. The van der Waals surface area contributed by atoms with Crippen LogP contribution in [0.25, 0.3) is 0 Å². The third-order valence-electron chi connectivity index (χ3n) is 3.49. The standard InChI is InChI=1S/C13H8ClF3N2O.C5H4Cl2N2/c1-7-6-18-12(14)19-10(7)11(20)8-3-2-4-9(5-8)13(15,16)17;1-3-2-8-5(7)9-4(3)6/h2-6H,1H3;2H,1H3. The Morgan fingerprint density at radius 3 is 2.07 bits per heavy atom. The highest BCUT2D eigenvalue weighted by molar-refractivity contribution is 6.32. The molecule has 0 N–H and O–H groups in total. The number of hydrogen-bond acceptors (Lipinski definition) is 5. The monoisotopic (exact) mass is 462 g/mol. The molecule has 152 valence electrons. The minimum atomic E-state index is -4.51. The van der Waals surface area contributed by atoms with Crippen molar-refractivity contribution in [3.8, 4) is 0 Å². The molecule has 0 unspecified atom stereocenters. The van der Waals surface area contributed by atoms with Gasteiger partial charge in [-0.2, -0.15) is 13.2 Å². The Labute approximate surface area is 178 Å². The molecule has 0 aliphatic rings. The van der Waals surface area contributed by atoms with E-state index in [4.69, 9.17) is 34.8 Å². The molecular formula is C18H12Cl3F3N4O.